The second-order valence-electron chi connectivity index (χ2n) is 4.35. The van der Waals surface area contributed by atoms with Crippen LogP contribution in [-0.2, 0) is 4.79 Å². The molecule has 0 aliphatic carbocycles. The molecule has 0 saturated heterocycles. The number of rotatable bonds is 4. The van der Waals surface area contributed by atoms with Crippen LogP contribution in [0.2, 0.25) is 0 Å². The lowest BCUT2D eigenvalue weighted by atomic mass is 9.87. The van der Waals surface area contributed by atoms with Crippen molar-refractivity contribution in [3.8, 4) is 0 Å². The predicted octanol–water partition coefficient (Wildman–Crippen LogP) is 4.01. The van der Waals surface area contributed by atoms with Crippen LogP contribution in [0.5, 0.6) is 0 Å². The fourth-order valence-corrected chi connectivity index (χ4v) is 1.69. The number of hydrogen-bond acceptors (Lipinski definition) is 1. The first-order valence-electron chi connectivity index (χ1n) is 5.20. The van der Waals surface area contributed by atoms with E-state index in [2.05, 4.69) is 11.9 Å². The summed E-state index contributed by atoms with van der Waals surface area (Å²) in [6.07, 6.45) is 0. The van der Waals surface area contributed by atoms with E-state index >= 15 is 0 Å². The molecule has 1 amide bonds. The molecule has 0 radical (unpaired) electrons. The normalized spacial score (nSPS) is 12.9. The van der Waals surface area contributed by atoms with E-state index in [-0.39, 0.29) is 10.9 Å². The Balaban J connectivity index is 2.80. The number of anilines is 1. The molecule has 0 fully saturated rings. The lowest BCUT2D eigenvalue weighted by molar-refractivity contribution is -0.123. The molecular formula is C13H15Cl2NO. The maximum absolute atomic E-state index is 12.1. The topological polar surface area (TPSA) is 29.1 Å². The van der Waals surface area contributed by atoms with Gasteiger partial charge in [-0.05, 0) is 26.0 Å². The SMILES string of the molecule is C=C(Cl)C(Cl)C(C)(C)C(=O)Nc1ccccc1. The second-order valence-corrected chi connectivity index (χ2v) is 5.27. The van der Waals surface area contributed by atoms with Gasteiger partial charge in [-0.1, -0.05) is 36.4 Å². The van der Waals surface area contributed by atoms with Gasteiger partial charge in [0, 0.05) is 10.7 Å². The van der Waals surface area contributed by atoms with E-state index in [0.717, 1.165) is 5.69 Å². The van der Waals surface area contributed by atoms with E-state index in [9.17, 15) is 4.79 Å². The maximum atomic E-state index is 12.1. The van der Waals surface area contributed by atoms with Gasteiger partial charge in [-0.3, -0.25) is 4.79 Å². The van der Waals surface area contributed by atoms with Crippen molar-refractivity contribution >= 4 is 34.8 Å². The summed E-state index contributed by atoms with van der Waals surface area (Å²) < 4.78 is 0. The highest BCUT2D eigenvalue weighted by atomic mass is 35.5. The van der Waals surface area contributed by atoms with Crippen LogP contribution in [0.1, 0.15) is 13.8 Å². The number of para-hydroxylation sites is 1. The van der Waals surface area contributed by atoms with E-state index < -0.39 is 10.8 Å². The van der Waals surface area contributed by atoms with Crippen LogP contribution in [-0.4, -0.2) is 11.3 Å². The monoisotopic (exact) mass is 271 g/mol. The Morgan fingerprint density at radius 2 is 1.88 bits per heavy atom. The van der Waals surface area contributed by atoms with Gasteiger partial charge in [0.25, 0.3) is 0 Å². The molecule has 2 nitrogen and oxygen atoms in total. The van der Waals surface area contributed by atoms with Crippen LogP contribution in [0.25, 0.3) is 0 Å². The zero-order valence-electron chi connectivity index (χ0n) is 9.84. The van der Waals surface area contributed by atoms with Crippen LogP contribution in [0.15, 0.2) is 41.9 Å². The zero-order valence-corrected chi connectivity index (χ0v) is 11.3. The summed E-state index contributed by atoms with van der Waals surface area (Å²) in [5.41, 5.74) is -0.0920. The summed E-state index contributed by atoms with van der Waals surface area (Å²) in [7, 11) is 0. The number of carbonyl (C=O) groups excluding carboxylic acids is 1. The third kappa shape index (κ3) is 3.48. The highest BCUT2D eigenvalue weighted by Gasteiger charge is 2.36. The predicted molar refractivity (Wildman–Crippen MR) is 73.5 cm³/mol. The number of hydrogen-bond donors (Lipinski definition) is 1. The van der Waals surface area contributed by atoms with E-state index in [1.165, 1.54) is 0 Å². The number of amides is 1. The number of carbonyl (C=O) groups is 1. The molecule has 1 unspecified atom stereocenters. The quantitative estimate of drug-likeness (QED) is 0.824. The highest BCUT2D eigenvalue weighted by Crippen LogP contribution is 2.33. The van der Waals surface area contributed by atoms with E-state index in [0.29, 0.717) is 0 Å². The van der Waals surface area contributed by atoms with Crippen LogP contribution in [0, 0.1) is 5.41 Å². The Labute approximate surface area is 112 Å². The Morgan fingerprint density at radius 3 is 2.35 bits per heavy atom. The third-order valence-corrected chi connectivity index (χ3v) is 3.66. The number of benzene rings is 1. The van der Waals surface area contributed by atoms with Crippen LogP contribution in [0.3, 0.4) is 0 Å². The molecular weight excluding hydrogens is 257 g/mol. The van der Waals surface area contributed by atoms with E-state index in [1.54, 1.807) is 13.8 Å². The first-order valence-corrected chi connectivity index (χ1v) is 6.02. The van der Waals surface area contributed by atoms with Crippen LogP contribution in [0.4, 0.5) is 5.69 Å². The van der Waals surface area contributed by atoms with Gasteiger partial charge in [0.05, 0.1) is 10.8 Å². The average molecular weight is 272 g/mol. The lowest BCUT2D eigenvalue weighted by Crippen LogP contribution is -2.38. The molecule has 1 atom stereocenters. The minimum atomic E-state index is -0.823. The van der Waals surface area contributed by atoms with E-state index in [1.807, 2.05) is 30.3 Å². The Kier molecular flexibility index (Phi) is 4.61. The van der Waals surface area contributed by atoms with Crippen molar-refractivity contribution in [2.75, 3.05) is 5.32 Å². The fourth-order valence-electron chi connectivity index (χ4n) is 1.32. The van der Waals surface area contributed by atoms with Crippen molar-refractivity contribution in [3.63, 3.8) is 0 Å². The zero-order chi connectivity index (χ0) is 13.1. The molecule has 4 heteroatoms. The Morgan fingerprint density at radius 1 is 1.35 bits per heavy atom. The van der Waals surface area contributed by atoms with Gasteiger partial charge in [-0.2, -0.15) is 0 Å². The lowest BCUT2D eigenvalue weighted by Gasteiger charge is -2.28. The number of nitrogens with one attached hydrogen (secondary N) is 1. The molecule has 17 heavy (non-hydrogen) atoms. The molecule has 1 rings (SSSR count). The number of alkyl halides is 1. The van der Waals surface area contributed by atoms with Crippen molar-refractivity contribution in [3.05, 3.63) is 41.9 Å². The van der Waals surface area contributed by atoms with Gasteiger partial charge in [0.2, 0.25) is 5.91 Å². The first kappa shape index (κ1) is 14.1. The van der Waals surface area contributed by atoms with Crippen molar-refractivity contribution in [2.45, 2.75) is 19.2 Å². The number of halogens is 2. The van der Waals surface area contributed by atoms with Gasteiger partial charge in [-0.15, -0.1) is 11.6 Å². The van der Waals surface area contributed by atoms with Crippen molar-refractivity contribution in [1.82, 2.24) is 0 Å². The largest absolute Gasteiger partial charge is 0.326 e. The minimum Gasteiger partial charge on any atom is -0.326 e. The maximum Gasteiger partial charge on any atom is 0.231 e. The molecule has 1 N–H and O–H groups in total. The van der Waals surface area contributed by atoms with Crippen molar-refractivity contribution in [2.24, 2.45) is 5.41 Å². The van der Waals surface area contributed by atoms with Gasteiger partial charge >= 0.3 is 0 Å². The smallest absolute Gasteiger partial charge is 0.231 e. The summed E-state index contributed by atoms with van der Waals surface area (Å²) in [6.45, 7) is 7.03. The molecule has 0 bridgehead atoms. The molecule has 0 aliphatic rings. The molecule has 0 aromatic heterocycles. The summed E-state index contributed by atoms with van der Waals surface area (Å²) >= 11 is 11.8. The molecule has 0 spiro atoms. The summed E-state index contributed by atoms with van der Waals surface area (Å²) in [4.78, 5) is 12.1. The minimum absolute atomic E-state index is 0.189. The van der Waals surface area contributed by atoms with Gasteiger partial charge < -0.3 is 5.32 Å². The third-order valence-electron chi connectivity index (χ3n) is 2.53. The Hall–Kier alpha value is -0.990. The Bertz CT molecular complexity index is 415. The molecule has 92 valence electrons. The second kappa shape index (κ2) is 5.56. The number of allylic oxidation sites excluding steroid dienone is 1. The average Bonchev–Trinajstić information content (AvgIpc) is 2.29. The molecule has 1 aromatic carbocycles. The fraction of sp³-hybridized carbons (Fsp3) is 0.308. The van der Waals surface area contributed by atoms with Crippen LogP contribution < -0.4 is 5.32 Å². The van der Waals surface area contributed by atoms with Gasteiger partial charge in [-0.25, -0.2) is 0 Å². The van der Waals surface area contributed by atoms with Crippen LogP contribution >= 0.6 is 23.2 Å². The molecule has 1 aromatic rings. The summed E-state index contributed by atoms with van der Waals surface area (Å²) in [5.74, 6) is -0.189. The standard InChI is InChI=1S/C13H15Cl2NO/c1-9(14)11(15)13(2,3)12(17)16-10-7-5-4-6-8-10/h4-8,11H,1H2,2-3H3,(H,16,17). The first-order chi connectivity index (χ1) is 7.85. The molecule has 0 saturated carbocycles. The molecule has 0 aliphatic heterocycles. The van der Waals surface area contributed by atoms with Crippen molar-refractivity contribution < 1.29 is 4.79 Å². The highest BCUT2D eigenvalue weighted by molar-refractivity contribution is 6.38. The summed E-state index contributed by atoms with van der Waals surface area (Å²) in [6, 6.07) is 9.20. The van der Waals surface area contributed by atoms with Gasteiger partial charge in [0.1, 0.15) is 0 Å². The van der Waals surface area contributed by atoms with Crippen molar-refractivity contribution in [1.29, 1.82) is 0 Å². The molecule has 0 heterocycles. The summed E-state index contributed by atoms with van der Waals surface area (Å²) in [5, 5.41) is 2.44. The van der Waals surface area contributed by atoms with Gasteiger partial charge in [0.15, 0.2) is 0 Å². The van der Waals surface area contributed by atoms with E-state index in [4.69, 9.17) is 23.2 Å².